The van der Waals surface area contributed by atoms with E-state index in [9.17, 15) is 9.59 Å². The fraction of sp³-hybridized carbons (Fsp3) is 0.0952. The molecule has 0 aliphatic carbocycles. The van der Waals surface area contributed by atoms with Gasteiger partial charge in [0.15, 0.2) is 5.75 Å². The molecule has 0 aliphatic rings. The number of pyridine rings is 1. The third-order valence-corrected chi connectivity index (χ3v) is 3.66. The molecule has 0 bridgehead atoms. The van der Waals surface area contributed by atoms with Gasteiger partial charge in [-0.05, 0) is 29.8 Å². The number of nitrogens with one attached hydrogen (secondary N) is 1. The Morgan fingerprint density at radius 3 is 2.54 bits per heavy atom. The third-order valence-electron chi connectivity index (χ3n) is 3.66. The number of anilines is 1. The summed E-state index contributed by atoms with van der Waals surface area (Å²) in [4.78, 5) is 27.2. The minimum absolute atomic E-state index is 0.124. The Morgan fingerprint density at radius 1 is 0.962 bits per heavy atom. The molecule has 1 amide bonds. The quantitative estimate of drug-likeness (QED) is 0.565. The van der Waals surface area contributed by atoms with E-state index in [0.717, 1.165) is 22.3 Å². The van der Waals surface area contributed by atoms with Crippen LogP contribution >= 0.6 is 0 Å². The smallest absolute Gasteiger partial charge is 0.308 e. The summed E-state index contributed by atoms with van der Waals surface area (Å²) in [5.41, 5.74) is 2.95. The van der Waals surface area contributed by atoms with E-state index >= 15 is 0 Å². The molecule has 5 heteroatoms. The van der Waals surface area contributed by atoms with Crippen molar-refractivity contribution in [2.75, 3.05) is 5.32 Å². The molecule has 3 rings (SSSR count). The molecule has 0 aliphatic heterocycles. The highest BCUT2D eigenvalue weighted by molar-refractivity contribution is 5.92. The highest BCUT2D eigenvalue weighted by atomic mass is 16.5. The lowest BCUT2D eigenvalue weighted by Crippen LogP contribution is -2.06. The lowest BCUT2D eigenvalue weighted by Gasteiger charge is -2.07. The standard InChI is InChI=1S/C21H18N2O3/c1-14(24)22-19-8-4-3-6-16(19)10-12-18-13-11-17-7-5-9-20(21(17)23-18)26-15(2)25/h3-13H,1-2H3,(H,22,24). The number of hydrogen-bond donors (Lipinski definition) is 1. The Bertz CT molecular complexity index is 1010. The molecule has 2 aromatic carbocycles. The van der Waals surface area contributed by atoms with Gasteiger partial charge in [0.1, 0.15) is 5.52 Å². The van der Waals surface area contributed by atoms with Crippen molar-refractivity contribution in [1.82, 2.24) is 4.98 Å². The van der Waals surface area contributed by atoms with Crippen LogP contribution in [0.15, 0.2) is 54.6 Å². The summed E-state index contributed by atoms with van der Waals surface area (Å²) in [7, 11) is 0. The van der Waals surface area contributed by atoms with Crippen LogP contribution in [0.5, 0.6) is 5.75 Å². The predicted octanol–water partition coefficient (Wildman–Crippen LogP) is 4.29. The van der Waals surface area contributed by atoms with Gasteiger partial charge in [0.25, 0.3) is 0 Å². The molecule has 0 saturated heterocycles. The van der Waals surface area contributed by atoms with Crippen LogP contribution in [0.3, 0.4) is 0 Å². The van der Waals surface area contributed by atoms with Crippen molar-refractivity contribution in [3.63, 3.8) is 0 Å². The van der Waals surface area contributed by atoms with Crippen LogP contribution in [-0.4, -0.2) is 16.9 Å². The molecule has 0 radical (unpaired) electrons. The maximum absolute atomic E-state index is 11.3. The summed E-state index contributed by atoms with van der Waals surface area (Å²) in [6, 6.07) is 16.8. The summed E-state index contributed by atoms with van der Waals surface area (Å²) < 4.78 is 5.24. The van der Waals surface area contributed by atoms with E-state index in [1.807, 2.05) is 60.7 Å². The van der Waals surface area contributed by atoms with Crippen LogP contribution in [0.25, 0.3) is 23.1 Å². The number of nitrogens with zero attached hydrogens (tertiary/aromatic N) is 1. The number of carbonyl (C=O) groups is 2. The monoisotopic (exact) mass is 346 g/mol. The van der Waals surface area contributed by atoms with Gasteiger partial charge in [-0.25, -0.2) is 4.98 Å². The van der Waals surface area contributed by atoms with E-state index in [4.69, 9.17) is 4.74 Å². The van der Waals surface area contributed by atoms with Gasteiger partial charge >= 0.3 is 5.97 Å². The summed E-state index contributed by atoms with van der Waals surface area (Å²) >= 11 is 0. The zero-order valence-electron chi connectivity index (χ0n) is 14.5. The van der Waals surface area contributed by atoms with Gasteiger partial charge in [0, 0.05) is 24.9 Å². The van der Waals surface area contributed by atoms with E-state index in [1.165, 1.54) is 13.8 Å². The van der Waals surface area contributed by atoms with E-state index in [2.05, 4.69) is 10.3 Å². The number of aromatic nitrogens is 1. The first-order chi connectivity index (χ1) is 12.5. The Balaban J connectivity index is 1.95. The lowest BCUT2D eigenvalue weighted by atomic mass is 10.1. The van der Waals surface area contributed by atoms with Crippen LogP contribution in [0.2, 0.25) is 0 Å². The summed E-state index contributed by atoms with van der Waals surface area (Å²) in [6.45, 7) is 2.84. The molecule has 1 N–H and O–H groups in total. The Labute approximate surface area is 151 Å². The first-order valence-electron chi connectivity index (χ1n) is 8.16. The zero-order valence-corrected chi connectivity index (χ0v) is 14.5. The first kappa shape index (κ1) is 17.4. The molecule has 26 heavy (non-hydrogen) atoms. The lowest BCUT2D eigenvalue weighted by molar-refractivity contribution is -0.131. The minimum atomic E-state index is -0.385. The fourth-order valence-electron chi connectivity index (χ4n) is 2.59. The topological polar surface area (TPSA) is 68.3 Å². The number of carbonyl (C=O) groups excluding carboxylic acids is 2. The number of ether oxygens (including phenoxy) is 1. The Hall–Kier alpha value is -3.47. The van der Waals surface area contributed by atoms with Gasteiger partial charge < -0.3 is 10.1 Å². The largest absolute Gasteiger partial charge is 0.424 e. The fourth-order valence-corrected chi connectivity index (χ4v) is 2.59. The van der Waals surface area contributed by atoms with Crippen molar-refractivity contribution in [2.24, 2.45) is 0 Å². The van der Waals surface area contributed by atoms with Gasteiger partial charge in [-0.2, -0.15) is 0 Å². The van der Waals surface area contributed by atoms with Crippen molar-refractivity contribution < 1.29 is 14.3 Å². The zero-order chi connectivity index (χ0) is 18.5. The summed E-state index contributed by atoms with van der Waals surface area (Å²) in [5, 5.41) is 3.69. The van der Waals surface area contributed by atoms with Crippen LogP contribution in [0.4, 0.5) is 5.69 Å². The van der Waals surface area contributed by atoms with Crippen LogP contribution < -0.4 is 10.1 Å². The molecule has 5 nitrogen and oxygen atoms in total. The summed E-state index contributed by atoms with van der Waals surface area (Å²) in [6.07, 6.45) is 3.73. The predicted molar refractivity (Wildman–Crippen MR) is 103 cm³/mol. The summed E-state index contributed by atoms with van der Waals surface area (Å²) in [5.74, 6) is -0.0749. The second-order valence-electron chi connectivity index (χ2n) is 5.76. The number of amides is 1. The van der Waals surface area contributed by atoms with Crippen LogP contribution in [0, 0.1) is 0 Å². The van der Waals surface area contributed by atoms with Gasteiger partial charge in [-0.3, -0.25) is 9.59 Å². The molecule has 1 aromatic heterocycles. The van der Waals surface area contributed by atoms with Crippen molar-refractivity contribution in [3.05, 3.63) is 65.9 Å². The number of rotatable bonds is 4. The van der Waals surface area contributed by atoms with Gasteiger partial charge in [0.2, 0.25) is 5.91 Å². The van der Waals surface area contributed by atoms with Gasteiger partial charge in [-0.15, -0.1) is 0 Å². The maximum Gasteiger partial charge on any atom is 0.308 e. The second kappa shape index (κ2) is 7.61. The molecular formula is C21H18N2O3. The Kier molecular flexibility index (Phi) is 5.08. The Morgan fingerprint density at radius 2 is 1.77 bits per heavy atom. The molecule has 0 saturated carbocycles. The number of fused-ring (bicyclic) bond motifs is 1. The van der Waals surface area contributed by atoms with Crippen molar-refractivity contribution in [1.29, 1.82) is 0 Å². The van der Waals surface area contributed by atoms with E-state index < -0.39 is 0 Å². The maximum atomic E-state index is 11.3. The van der Waals surface area contributed by atoms with Crippen LogP contribution in [-0.2, 0) is 9.59 Å². The number of benzene rings is 2. The minimum Gasteiger partial charge on any atom is -0.424 e. The van der Waals surface area contributed by atoms with Crippen molar-refractivity contribution in [2.45, 2.75) is 13.8 Å². The molecular weight excluding hydrogens is 328 g/mol. The molecule has 0 spiro atoms. The molecule has 1 heterocycles. The van der Waals surface area contributed by atoms with E-state index in [1.54, 1.807) is 6.07 Å². The molecule has 3 aromatic rings. The van der Waals surface area contributed by atoms with Crippen molar-refractivity contribution in [3.8, 4) is 5.75 Å². The highest BCUT2D eigenvalue weighted by Gasteiger charge is 2.06. The average Bonchev–Trinajstić information content (AvgIpc) is 2.60. The second-order valence-corrected chi connectivity index (χ2v) is 5.76. The van der Waals surface area contributed by atoms with E-state index in [-0.39, 0.29) is 11.9 Å². The molecule has 0 unspecified atom stereocenters. The highest BCUT2D eigenvalue weighted by Crippen LogP contribution is 2.25. The first-order valence-corrected chi connectivity index (χ1v) is 8.16. The van der Waals surface area contributed by atoms with Gasteiger partial charge in [0.05, 0.1) is 5.69 Å². The molecule has 130 valence electrons. The average molecular weight is 346 g/mol. The van der Waals surface area contributed by atoms with Crippen molar-refractivity contribution >= 4 is 40.6 Å². The normalized spacial score (nSPS) is 10.8. The number of para-hydroxylation sites is 2. The number of hydrogen-bond acceptors (Lipinski definition) is 4. The van der Waals surface area contributed by atoms with Crippen LogP contribution in [0.1, 0.15) is 25.1 Å². The molecule has 0 atom stereocenters. The number of esters is 1. The van der Waals surface area contributed by atoms with E-state index in [0.29, 0.717) is 11.3 Å². The third kappa shape index (κ3) is 4.13. The van der Waals surface area contributed by atoms with Gasteiger partial charge in [-0.1, -0.05) is 42.5 Å². The SMILES string of the molecule is CC(=O)Nc1ccccc1C=Cc1ccc2cccc(OC(C)=O)c2n1. The molecule has 0 fully saturated rings.